The maximum atomic E-state index is 12.4. The second-order valence-electron chi connectivity index (χ2n) is 7.79. The lowest BCUT2D eigenvalue weighted by Gasteiger charge is -2.32. The van der Waals surface area contributed by atoms with E-state index in [9.17, 15) is 4.79 Å². The number of nitrogens with zero attached hydrogens (tertiary/aromatic N) is 2. The van der Waals surface area contributed by atoms with Crippen LogP contribution in [-0.4, -0.2) is 61.5 Å². The summed E-state index contributed by atoms with van der Waals surface area (Å²) < 4.78 is 0. The van der Waals surface area contributed by atoms with Crippen LogP contribution >= 0.6 is 48.0 Å². The van der Waals surface area contributed by atoms with Gasteiger partial charge in [-0.25, -0.2) is 0 Å². The van der Waals surface area contributed by atoms with Gasteiger partial charge in [0.15, 0.2) is 0 Å². The third-order valence-electron chi connectivity index (χ3n) is 5.70. The van der Waals surface area contributed by atoms with Gasteiger partial charge in [0.25, 0.3) is 0 Å². The van der Waals surface area contributed by atoms with Gasteiger partial charge in [-0.1, -0.05) is 47.5 Å². The molecule has 1 amide bonds. The Balaban J connectivity index is 0.00000160. The summed E-state index contributed by atoms with van der Waals surface area (Å²) in [7, 11) is 2.10. The lowest BCUT2D eigenvalue weighted by molar-refractivity contribution is -0.131. The Morgan fingerprint density at radius 3 is 2.17 bits per heavy atom. The monoisotopic (exact) mass is 489 g/mol. The minimum atomic E-state index is 0. The highest BCUT2D eigenvalue weighted by molar-refractivity contribution is 6.35. The lowest BCUT2D eigenvalue weighted by atomic mass is 10.0. The number of piperazine rings is 1. The summed E-state index contributed by atoms with van der Waals surface area (Å²) in [5.74, 6) is 0.698. The molecule has 0 radical (unpaired) electrons. The Morgan fingerprint density at radius 1 is 0.967 bits per heavy atom. The molecular formula is C22H27Cl4N3O. The molecule has 1 aliphatic heterocycles. The minimum Gasteiger partial charge on any atom is -0.339 e. The second kappa shape index (κ2) is 11.0. The molecule has 2 unspecified atom stereocenters. The van der Waals surface area contributed by atoms with E-state index in [-0.39, 0.29) is 30.7 Å². The molecule has 1 N–H and O–H groups in total. The van der Waals surface area contributed by atoms with E-state index in [1.165, 1.54) is 5.56 Å². The van der Waals surface area contributed by atoms with Gasteiger partial charge in [-0.15, -0.1) is 24.8 Å². The van der Waals surface area contributed by atoms with Crippen molar-refractivity contribution in [1.82, 2.24) is 15.1 Å². The average molecular weight is 491 g/mol. The summed E-state index contributed by atoms with van der Waals surface area (Å²) in [5.41, 5.74) is 3.43. The number of hydrogen-bond acceptors (Lipinski definition) is 3. The van der Waals surface area contributed by atoms with Crippen molar-refractivity contribution in [2.24, 2.45) is 0 Å². The van der Waals surface area contributed by atoms with Crippen LogP contribution in [0.4, 0.5) is 0 Å². The number of halogens is 4. The Kier molecular flexibility index (Phi) is 9.29. The van der Waals surface area contributed by atoms with Crippen molar-refractivity contribution in [3.05, 3.63) is 58.1 Å². The predicted molar refractivity (Wildman–Crippen MR) is 130 cm³/mol. The Morgan fingerprint density at radius 2 is 1.57 bits per heavy atom. The molecule has 2 aliphatic rings. The fraction of sp³-hybridized carbons (Fsp3) is 0.409. The minimum absolute atomic E-state index is 0. The van der Waals surface area contributed by atoms with E-state index >= 15 is 0 Å². The van der Waals surface area contributed by atoms with E-state index in [0.29, 0.717) is 28.5 Å². The summed E-state index contributed by atoms with van der Waals surface area (Å²) >= 11 is 12.2. The molecule has 1 aliphatic carbocycles. The van der Waals surface area contributed by atoms with E-state index < -0.39 is 0 Å². The van der Waals surface area contributed by atoms with E-state index in [2.05, 4.69) is 41.5 Å². The molecule has 1 heterocycles. The predicted octanol–water partition coefficient (Wildman–Crippen LogP) is 4.72. The number of carbonyl (C=O) groups is 1. The number of rotatable bonds is 5. The number of amides is 1. The third kappa shape index (κ3) is 6.25. The van der Waals surface area contributed by atoms with Crippen molar-refractivity contribution in [2.75, 3.05) is 39.8 Å². The van der Waals surface area contributed by atoms with Crippen molar-refractivity contribution in [3.8, 4) is 11.1 Å². The van der Waals surface area contributed by atoms with Crippen molar-refractivity contribution < 1.29 is 4.79 Å². The highest BCUT2D eigenvalue weighted by Crippen LogP contribution is 2.41. The molecule has 30 heavy (non-hydrogen) atoms. The highest BCUT2D eigenvalue weighted by atomic mass is 35.5. The number of benzene rings is 2. The van der Waals surface area contributed by atoms with Crippen LogP contribution in [0.1, 0.15) is 17.9 Å². The molecule has 0 aromatic heterocycles. The molecular weight excluding hydrogens is 464 g/mol. The largest absolute Gasteiger partial charge is 0.339 e. The van der Waals surface area contributed by atoms with Gasteiger partial charge in [-0.2, -0.15) is 0 Å². The van der Waals surface area contributed by atoms with E-state index in [1.807, 2.05) is 17.0 Å². The van der Waals surface area contributed by atoms with Crippen LogP contribution in [0.25, 0.3) is 11.1 Å². The molecule has 2 aromatic rings. The molecule has 0 bridgehead atoms. The fourth-order valence-electron chi connectivity index (χ4n) is 3.82. The first-order chi connectivity index (χ1) is 13.5. The van der Waals surface area contributed by atoms with Gasteiger partial charge in [0, 0.05) is 48.2 Å². The van der Waals surface area contributed by atoms with Crippen LogP contribution in [0.3, 0.4) is 0 Å². The van der Waals surface area contributed by atoms with Crippen LogP contribution in [0.5, 0.6) is 0 Å². The maximum absolute atomic E-state index is 12.4. The summed E-state index contributed by atoms with van der Waals surface area (Å²) in [4.78, 5) is 16.6. The van der Waals surface area contributed by atoms with Crippen LogP contribution in [-0.2, 0) is 4.79 Å². The Bertz CT molecular complexity index is 834. The van der Waals surface area contributed by atoms with Gasteiger partial charge in [-0.05, 0) is 48.4 Å². The van der Waals surface area contributed by atoms with Gasteiger partial charge in [0.2, 0.25) is 5.91 Å². The van der Waals surface area contributed by atoms with E-state index in [1.54, 1.807) is 6.07 Å². The Labute approximate surface area is 200 Å². The van der Waals surface area contributed by atoms with Crippen LogP contribution < -0.4 is 5.32 Å². The molecule has 4 rings (SSSR count). The van der Waals surface area contributed by atoms with Gasteiger partial charge in [0.05, 0.1) is 6.54 Å². The first kappa shape index (κ1) is 25.3. The molecule has 2 fully saturated rings. The van der Waals surface area contributed by atoms with Crippen LogP contribution in [0.15, 0.2) is 42.5 Å². The van der Waals surface area contributed by atoms with Gasteiger partial charge in [0.1, 0.15) is 0 Å². The number of carbonyl (C=O) groups excluding carboxylic acids is 1. The van der Waals surface area contributed by atoms with Crippen molar-refractivity contribution in [1.29, 1.82) is 0 Å². The lowest BCUT2D eigenvalue weighted by Crippen LogP contribution is -2.49. The first-order valence-corrected chi connectivity index (χ1v) is 10.5. The van der Waals surface area contributed by atoms with E-state index in [4.69, 9.17) is 23.2 Å². The zero-order valence-electron chi connectivity index (χ0n) is 16.8. The fourth-order valence-corrected chi connectivity index (χ4v) is 4.34. The molecule has 8 heteroatoms. The SMILES string of the molecule is CN1CCN(C(=O)CNC2CC2c2ccc(-c3cc(Cl)cc(Cl)c3)cc2)CC1.Cl.Cl. The quantitative estimate of drug-likeness (QED) is 0.658. The van der Waals surface area contributed by atoms with Crippen molar-refractivity contribution >= 4 is 53.9 Å². The molecule has 2 aromatic carbocycles. The molecule has 4 nitrogen and oxygen atoms in total. The maximum Gasteiger partial charge on any atom is 0.236 e. The van der Waals surface area contributed by atoms with Crippen LogP contribution in [0.2, 0.25) is 10.0 Å². The normalized spacial score (nSPS) is 20.8. The first-order valence-electron chi connectivity index (χ1n) is 9.76. The molecule has 1 saturated carbocycles. The summed E-state index contributed by atoms with van der Waals surface area (Å²) in [6.07, 6.45) is 1.08. The highest BCUT2D eigenvalue weighted by Gasteiger charge is 2.38. The summed E-state index contributed by atoms with van der Waals surface area (Å²) in [5, 5.41) is 4.72. The standard InChI is InChI=1S/C22H25Cl2N3O.2ClH/c1-26-6-8-27(9-7-26)22(28)14-25-21-13-20(21)16-4-2-15(3-5-16)17-10-18(23)12-19(24)11-17;;/h2-5,10-12,20-21,25H,6-9,13-14H2,1H3;2*1H. The molecule has 164 valence electrons. The van der Waals surface area contributed by atoms with Gasteiger partial charge >= 0.3 is 0 Å². The topological polar surface area (TPSA) is 35.6 Å². The van der Waals surface area contributed by atoms with E-state index in [0.717, 1.165) is 43.7 Å². The van der Waals surface area contributed by atoms with Gasteiger partial charge < -0.3 is 15.1 Å². The van der Waals surface area contributed by atoms with Gasteiger partial charge in [-0.3, -0.25) is 4.79 Å². The molecule has 2 atom stereocenters. The number of hydrogen-bond donors (Lipinski definition) is 1. The average Bonchev–Trinajstić information content (AvgIpc) is 3.46. The summed E-state index contributed by atoms with van der Waals surface area (Å²) in [6, 6.07) is 14.5. The third-order valence-corrected chi connectivity index (χ3v) is 6.13. The molecule has 1 saturated heterocycles. The summed E-state index contributed by atoms with van der Waals surface area (Å²) in [6.45, 7) is 4.02. The van der Waals surface area contributed by atoms with Crippen molar-refractivity contribution in [3.63, 3.8) is 0 Å². The number of nitrogens with one attached hydrogen (secondary N) is 1. The smallest absolute Gasteiger partial charge is 0.236 e. The second-order valence-corrected chi connectivity index (χ2v) is 8.67. The molecule has 0 spiro atoms. The zero-order chi connectivity index (χ0) is 19.7. The van der Waals surface area contributed by atoms with Crippen LogP contribution in [0, 0.1) is 0 Å². The van der Waals surface area contributed by atoms with Crippen molar-refractivity contribution in [2.45, 2.75) is 18.4 Å². The zero-order valence-corrected chi connectivity index (χ0v) is 20.0. The Hall–Kier alpha value is -1.01. The number of likely N-dealkylation sites (N-methyl/N-ethyl adjacent to an activating group) is 1.